The first-order valence-electron chi connectivity index (χ1n) is 9.44. The predicted molar refractivity (Wildman–Crippen MR) is 114 cm³/mol. The van der Waals surface area contributed by atoms with Crippen LogP contribution in [0.15, 0.2) is 47.6 Å². The normalized spacial score (nSPS) is 10.4. The van der Waals surface area contributed by atoms with Crippen molar-refractivity contribution in [2.24, 2.45) is 5.10 Å². The molecule has 0 aliphatic rings. The molecule has 0 aliphatic heterocycles. The molecule has 0 aliphatic carbocycles. The van der Waals surface area contributed by atoms with E-state index < -0.39 is 17.8 Å². The molecule has 31 heavy (non-hydrogen) atoms. The lowest BCUT2D eigenvalue weighted by Gasteiger charge is -2.10. The van der Waals surface area contributed by atoms with Crippen molar-refractivity contribution in [1.29, 1.82) is 0 Å². The van der Waals surface area contributed by atoms with Crippen LogP contribution in [0.4, 0.5) is 0 Å². The highest BCUT2D eigenvalue weighted by atomic mass is 16.5. The number of hydrogen-bond donors (Lipinski definition) is 2. The van der Waals surface area contributed by atoms with Gasteiger partial charge in [-0.3, -0.25) is 9.59 Å². The Labute approximate surface area is 180 Å². The number of esters is 1. The first-order valence-corrected chi connectivity index (χ1v) is 9.44. The van der Waals surface area contributed by atoms with Crippen molar-refractivity contribution in [2.75, 3.05) is 27.9 Å². The Kier molecular flexibility index (Phi) is 9.03. The molecule has 2 N–H and O–H groups in total. The van der Waals surface area contributed by atoms with Gasteiger partial charge in [-0.1, -0.05) is 18.2 Å². The number of benzene rings is 2. The van der Waals surface area contributed by atoms with Gasteiger partial charge in [-0.05, 0) is 41.8 Å². The van der Waals surface area contributed by atoms with Crippen LogP contribution < -0.4 is 20.2 Å². The Hall–Kier alpha value is -3.88. The molecule has 0 spiro atoms. The van der Waals surface area contributed by atoms with E-state index in [1.54, 1.807) is 44.6 Å². The SMILES string of the molecule is COC(=O)c1ccc(C=NNC(=O)CC(=O)NCCc2ccc(OC)c(OC)c2)cc1. The van der Waals surface area contributed by atoms with Gasteiger partial charge in [-0.25, -0.2) is 10.2 Å². The minimum Gasteiger partial charge on any atom is -0.493 e. The number of nitrogens with zero attached hydrogens (tertiary/aromatic N) is 1. The van der Waals surface area contributed by atoms with Gasteiger partial charge in [0.15, 0.2) is 11.5 Å². The Balaban J connectivity index is 1.73. The van der Waals surface area contributed by atoms with Crippen molar-refractivity contribution in [3.05, 3.63) is 59.2 Å². The number of rotatable bonds is 10. The molecular formula is C22H25N3O6. The maximum Gasteiger partial charge on any atom is 0.337 e. The van der Waals surface area contributed by atoms with Gasteiger partial charge in [-0.15, -0.1) is 0 Å². The average Bonchev–Trinajstić information content (AvgIpc) is 2.78. The van der Waals surface area contributed by atoms with E-state index in [1.807, 2.05) is 12.1 Å². The van der Waals surface area contributed by atoms with Gasteiger partial charge >= 0.3 is 5.97 Å². The molecule has 2 rings (SSSR count). The number of hydrazone groups is 1. The lowest BCUT2D eigenvalue weighted by Crippen LogP contribution is -2.31. The highest BCUT2D eigenvalue weighted by Crippen LogP contribution is 2.27. The van der Waals surface area contributed by atoms with Gasteiger partial charge in [-0.2, -0.15) is 5.10 Å². The summed E-state index contributed by atoms with van der Waals surface area (Å²) in [6.45, 7) is 0.372. The quantitative estimate of drug-likeness (QED) is 0.258. The molecule has 0 unspecified atom stereocenters. The third kappa shape index (κ3) is 7.46. The molecule has 2 aromatic rings. The fourth-order valence-electron chi connectivity index (χ4n) is 2.63. The van der Waals surface area contributed by atoms with Crippen LogP contribution in [0.3, 0.4) is 0 Å². The number of carbonyl (C=O) groups is 3. The molecule has 0 heterocycles. The van der Waals surface area contributed by atoms with Gasteiger partial charge in [0.1, 0.15) is 6.42 Å². The standard InChI is InChI=1S/C22H25N3O6/c1-29-18-9-6-15(12-19(18)30-2)10-11-23-20(26)13-21(27)25-24-14-16-4-7-17(8-5-16)22(28)31-3/h4-9,12,14H,10-11,13H2,1-3H3,(H,23,26)(H,25,27). The highest BCUT2D eigenvalue weighted by Gasteiger charge is 2.09. The molecular weight excluding hydrogens is 402 g/mol. The Morgan fingerprint density at radius 2 is 1.65 bits per heavy atom. The zero-order chi connectivity index (χ0) is 22.6. The molecule has 2 amide bonds. The van der Waals surface area contributed by atoms with Gasteiger partial charge in [0.25, 0.3) is 0 Å². The van der Waals surface area contributed by atoms with Gasteiger partial charge in [0.05, 0.1) is 33.1 Å². The molecule has 0 saturated carbocycles. The average molecular weight is 427 g/mol. The van der Waals surface area contributed by atoms with Crippen LogP contribution in [0.2, 0.25) is 0 Å². The van der Waals surface area contributed by atoms with Gasteiger partial charge < -0.3 is 19.5 Å². The van der Waals surface area contributed by atoms with E-state index in [0.29, 0.717) is 35.6 Å². The van der Waals surface area contributed by atoms with Gasteiger partial charge in [0, 0.05) is 6.54 Å². The van der Waals surface area contributed by atoms with Crippen molar-refractivity contribution >= 4 is 24.0 Å². The zero-order valence-corrected chi connectivity index (χ0v) is 17.6. The molecule has 0 atom stereocenters. The summed E-state index contributed by atoms with van der Waals surface area (Å²) in [5, 5.41) is 6.50. The van der Waals surface area contributed by atoms with Crippen LogP contribution in [0.25, 0.3) is 0 Å². The minimum atomic E-state index is -0.536. The minimum absolute atomic E-state index is 0.343. The lowest BCUT2D eigenvalue weighted by atomic mass is 10.1. The molecule has 0 fully saturated rings. The highest BCUT2D eigenvalue weighted by molar-refractivity contribution is 5.97. The van der Waals surface area contributed by atoms with Crippen molar-refractivity contribution in [3.63, 3.8) is 0 Å². The van der Waals surface area contributed by atoms with Crippen molar-refractivity contribution in [3.8, 4) is 11.5 Å². The lowest BCUT2D eigenvalue weighted by molar-refractivity contribution is -0.129. The Morgan fingerprint density at radius 3 is 2.29 bits per heavy atom. The summed E-state index contributed by atoms with van der Waals surface area (Å²) < 4.78 is 15.1. The number of nitrogens with one attached hydrogen (secondary N) is 2. The number of ether oxygens (including phenoxy) is 3. The monoisotopic (exact) mass is 427 g/mol. The van der Waals surface area contributed by atoms with Crippen molar-refractivity contribution < 1.29 is 28.6 Å². The molecule has 9 heteroatoms. The van der Waals surface area contributed by atoms with Crippen molar-refractivity contribution in [2.45, 2.75) is 12.8 Å². The zero-order valence-electron chi connectivity index (χ0n) is 17.6. The first kappa shape index (κ1) is 23.4. The molecule has 0 radical (unpaired) electrons. The van der Waals surface area contributed by atoms with E-state index in [4.69, 9.17) is 9.47 Å². The third-order valence-corrected chi connectivity index (χ3v) is 4.24. The maximum atomic E-state index is 11.9. The van der Waals surface area contributed by atoms with Crippen molar-refractivity contribution in [1.82, 2.24) is 10.7 Å². The van der Waals surface area contributed by atoms with Crippen LogP contribution in [-0.2, 0) is 20.7 Å². The fraction of sp³-hybridized carbons (Fsp3) is 0.273. The largest absolute Gasteiger partial charge is 0.493 e. The summed E-state index contributed by atoms with van der Waals surface area (Å²) in [5.41, 5.74) is 4.34. The summed E-state index contributed by atoms with van der Waals surface area (Å²) in [5.74, 6) is -0.133. The fourth-order valence-corrected chi connectivity index (χ4v) is 2.63. The molecule has 164 valence electrons. The second-order valence-electron chi connectivity index (χ2n) is 6.37. The van der Waals surface area contributed by atoms with Crippen LogP contribution in [0.5, 0.6) is 11.5 Å². The third-order valence-electron chi connectivity index (χ3n) is 4.24. The van der Waals surface area contributed by atoms with E-state index in [1.165, 1.54) is 13.3 Å². The summed E-state index contributed by atoms with van der Waals surface area (Å²) in [7, 11) is 4.43. The number of amides is 2. The predicted octanol–water partition coefficient (Wildman–Crippen LogP) is 1.69. The number of methoxy groups -OCH3 is 3. The van der Waals surface area contributed by atoms with Crippen LogP contribution in [-0.4, -0.2) is 51.9 Å². The maximum absolute atomic E-state index is 11.9. The van der Waals surface area contributed by atoms with Gasteiger partial charge in [0.2, 0.25) is 11.8 Å². The van der Waals surface area contributed by atoms with E-state index >= 15 is 0 Å². The Bertz CT molecular complexity index is 941. The summed E-state index contributed by atoms with van der Waals surface area (Å²) in [6.07, 6.45) is 1.64. The van der Waals surface area contributed by atoms with E-state index in [9.17, 15) is 14.4 Å². The summed E-state index contributed by atoms with van der Waals surface area (Å²) in [4.78, 5) is 35.1. The number of hydrogen-bond acceptors (Lipinski definition) is 7. The molecule has 9 nitrogen and oxygen atoms in total. The van der Waals surface area contributed by atoms with E-state index in [0.717, 1.165) is 5.56 Å². The molecule has 0 aromatic heterocycles. The van der Waals surface area contributed by atoms with E-state index in [2.05, 4.69) is 20.6 Å². The second kappa shape index (κ2) is 12.0. The second-order valence-corrected chi connectivity index (χ2v) is 6.37. The smallest absolute Gasteiger partial charge is 0.337 e. The summed E-state index contributed by atoms with van der Waals surface area (Å²) >= 11 is 0. The van der Waals surface area contributed by atoms with Crippen LogP contribution in [0, 0.1) is 0 Å². The Morgan fingerprint density at radius 1 is 0.935 bits per heavy atom. The molecule has 2 aromatic carbocycles. The number of carbonyl (C=O) groups excluding carboxylic acids is 3. The molecule has 0 bridgehead atoms. The topological polar surface area (TPSA) is 115 Å². The molecule has 0 saturated heterocycles. The van der Waals surface area contributed by atoms with Crippen LogP contribution >= 0.6 is 0 Å². The summed E-state index contributed by atoms with van der Waals surface area (Å²) in [6, 6.07) is 12.0. The van der Waals surface area contributed by atoms with Crippen LogP contribution in [0.1, 0.15) is 27.9 Å². The first-order chi connectivity index (χ1) is 15.0. The van der Waals surface area contributed by atoms with E-state index in [-0.39, 0.29) is 6.42 Å².